The third-order valence-electron chi connectivity index (χ3n) is 3.96. The number of ether oxygens (including phenoxy) is 2. The summed E-state index contributed by atoms with van der Waals surface area (Å²) in [5.41, 5.74) is 0.957. The van der Waals surface area contributed by atoms with Crippen molar-refractivity contribution in [3.05, 3.63) is 35.9 Å². The lowest BCUT2D eigenvalue weighted by atomic mass is 10.0. The summed E-state index contributed by atoms with van der Waals surface area (Å²) >= 11 is 6.08. The molecule has 1 aliphatic rings. The van der Waals surface area contributed by atoms with E-state index in [-0.39, 0.29) is 19.6 Å². The molecule has 0 unspecified atom stereocenters. The Morgan fingerprint density at radius 2 is 2.08 bits per heavy atom. The minimum Gasteiger partial charge on any atom is -0.447 e. The van der Waals surface area contributed by atoms with Crippen LogP contribution < -0.4 is 0 Å². The molecule has 7 nitrogen and oxygen atoms in total. The first-order valence-corrected chi connectivity index (χ1v) is 8.85. The largest absolute Gasteiger partial charge is 0.447 e. The monoisotopic (exact) mass is 385 g/mol. The number of rotatable bonds is 8. The number of carbonyl (C=O) groups excluding carboxylic acids is 2. The zero-order chi connectivity index (χ0) is 19.3. The summed E-state index contributed by atoms with van der Waals surface area (Å²) in [5, 5.41) is 18.3. The quantitative estimate of drug-likeness (QED) is 0.522. The lowest BCUT2D eigenvalue weighted by Gasteiger charge is -2.25. The van der Waals surface area contributed by atoms with Crippen LogP contribution in [0.5, 0.6) is 0 Å². The van der Waals surface area contributed by atoms with Gasteiger partial charge in [-0.2, -0.15) is 0 Å². The molecule has 2 N–H and O–H groups in total. The van der Waals surface area contributed by atoms with Crippen molar-refractivity contribution in [3.63, 3.8) is 0 Å². The number of nitrogens with zero attached hydrogens (tertiary/aromatic N) is 1. The molecule has 0 spiro atoms. The van der Waals surface area contributed by atoms with Crippen molar-refractivity contribution < 1.29 is 29.3 Å². The molecule has 3 atom stereocenters. The van der Waals surface area contributed by atoms with Crippen LogP contribution >= 0.6 is 11.6 Å². The van der Waals surface area contributed by atoms with Gasteiger partial charge in [-0.05, 0) is 32.3 Å². The Labute approximate surface area is 157 Å². The first-order valence-electron chi connectivity index (χ1n) is 8.41. The molecule has 0 aromatic heterocycles. The van der Waals surface area contributed by atoms with Gasteiger partial charge in [-0.25, -0.2) is 9.69 Å². The number of cyclic esters (lactones) is 1. The van der Waals surface area contributed by atoms with Crippen molar-refractivity contribution in [1.82, 2.24) is 4.90 Å². The maximum Gasteiger partial charge on any atom is 0.417 e. The van der Waals surface area contributed by atoms with E-state index in [0.717, 1.165) is 10.5 Å². The summed E-state index contributed by atoms with van der Waals surface area (Å²) in [7, 11) is 0. The number of halogens is 1. The number of imide groups is 1. The number of benzene rings is 1. The van der Waals surface area contributed by atoms with Gasteiger partial charge in [0.1, 0.15) is 12.0 Å². The third kappa shape index (κ3) is 5.67. The Hall–Kier alpha value is -1.67. The Bertz CT molecular complexity index is 618. The second kappa shape index (κ2) is 8.81. The average Bonchev–Trinajstić information content (AvgIpc) is 2.93. The molecule has 0 aliphatic carbocycles. The van der Waals surface area contributed by atoms with Crippen molar-refractivity contribution in [2.75, 3.05) is 13.2 Å². The van der Waals surface area contributed by atoms with E-state index in [1.54, 1.807) is 0 Å². The summed E-state index contributed by atoms with van der Waals surface area (Å²) in [4.78, 5) is 25.6. The van der Waals surface area contributed by atoms with Gasteiger partial charge in [0.05, 0.1) is 18.8 Å². The lowest BCUT2D eigenvalue weighted by molar-refractivity contribution is -0.179. The molecular formula is C18H24ClNO6. The molecule has 1 aliphatic heterocycles. The molecular weight excluding hydrogens is 362 g/mol. The molecule has 1 fully saturated rings. The van der Waals surface area contributed by atoms with Gasteiger partial charge >= 0.3 is 6.09 Å². The highest BCUT2D eigenvalue weighted by Crippen LogP contribution is 2.22. The van der Waals surface area contributed by atoms with E-state index >= 15 is 0 Å². The number of hydrogen-bond acceptors (Lipinski definition) is 6. The number of carbonyl (C=O) groups is 2. The van der Waals surface area contributed by atoms with Crippen LogP contribution in [-0.2, 0) is 20.7 Å². The van der Waals surface area contributed by atoms with Crippen LogP contribution in [0.15, 0.2) is 30.3 Å². The van der Waals surface area contributed by atoms with Crippen LogP contribution in [0.1, 0.15) is 25.8 Å². The first kappa shape index (κ1) is 20.6. The molecule has 2 rings (SSSR count). The van der Waals surface area contributed by atoms with Crippen molar-refractivity contribution >= 4 is 23.6 Å². The summed E-state index contributed by atoms with van der Waals surface area (Å²) in [6.45, 7) is 3.01. The Kier molecular flexibility index (Phi) is 7.00. The minimum atomic E-state index is -1.34. The fourth-order valence-electron chi connectivity index (χ4n) is 2.64. The van der Waals surface area contributed by atoms with Gasteiger partial charge in [-0.1, -0.05) is 30.3 Å². The van der Waals surface area contributed by atoms with Crippen LogP contribution in [-0.4, -0.2) is 63.6 Å². The summed E-state index contributed by atoms with van der Waals surface area (Å²) in [6.07, 6.45) is -1.51. The number of aliphatic hydroxyl groups excluding tert-OH is 1. The van der Waals surface area contributed by atoms with Gasteiger partial charge in [-0.15, -0.1) is 11.6 Å². The molecule has 1 aromatic carbocycles. The second-order valence-electron chi connectivity index (χ2n) is 6.68. The van der Waals surface area contributed by atoms with Crippen LogP contribution in [0.25, 0.3) is 0 Å². The number of amides is 2. The van der Waals surface area contributed by atoms with Crippen molar-refractivity contribution in [3.8, 4) is 0 Å². The minimum absolute atomic E-state index is 0.0130. The standard InChI is InChI=1S/C18H24ClNO6/c1-18(2,24)26-9-8-14(21)15(19)16(22)20-13(11-25-17(20)23)10-12-6-4-3-5-7-12/h3-7,13-15,21,24H,8-11H2,1-2H3/t13-,14+,15-/m0/s1. The zero-order valence-electron chi connectivity index (χ0n) is 14.8. The van der Waals surface area contributed by atoms with E-state index in [1.165, 1.54) is 13.8 Å². The van der Waals surface area contributed by atoms with Gasteiger partial charge in [-0.3, -0.25) is 4.79 Å². The summed E-state index contributed by atoms with van der Waals surface area (Å²) in [6, 6.07) is 8.94. The van der Waals surface area contributed by atoms with E-state index in [4.69, 9.17) is 21.1 Å². The maximum absolute atomic E-state index is 12.6. The Morgan fingerprint density at radius 3 is 2.69 bits per heavy atom. The highest BCUT2D eigenvalue weighted by molar-refractivity contribution is 6.32. The van der Waals surface area contributed by atoms with E-state index in [1.807, 2.05) is 30.3 Å². The molecule has 1 aromatic rings. The van der Waals surface area contributed by atoms with Gasteiger partial charge in [0, 0.05) is 0 Å². The van der Waals surface area contributed by atoms with E-state index in [0.29, 0.717) is 6.42 Å². The molecule has 144 valence electrons. The highest BCUT2D eigenvalue weighted by atomic mass is 35.5. The highest BCUT2D eigenvalue weighted by Gasteiger charge is 2.42. The fraction of sp³-hybridized carbons (Fsp3) is 0.556. The Morgan fingerprint density at radius 1 is 1.42 bits per heavy atom. The number of hydrogen-bond donors (Lipinski definition) is 2. The summed E-state index contributed by atoms with van der Waals surface area (Å²) < 4.78 is 10.1. The van der Waals surface area contributed by atoms with Gasteiger partial charge in [0.25, 0.3) is 5.91 Å². The predicted molar refractivity (Wildman–Crippen MR) is 94.6 cm³/mol. The second-order valence-corrected chi connectivity index (χ2v) is 7.15. The molecule has 0 bridgehead atoms. The molecule has 0 radical (unpaired) electrons. The van der Waals surface area contributed by atoms with E-state index in [2.05, 4.69) is 0 Å². The summed E-state index contributed by atoms with van der Waals surface area (Å²) in [5.74, 6) is -2.05. The van der Waals surface area contributed by atoms with Crippen LogP contribution in [0.3, 0.4) is 0 Å². The van der Waals surface area contributed by atoms with Crippen molar-refractivity contribution in [2.24, 2.45) is 0 Å². The number of aliphatic hydroxyl groups is 2. The Balaban J connectivity index is 1.97. The lowest BCUT2D eigenvalue weighted by Crippen LogP contribution is -2.47. The van der Waals surface area contributed by atoms with Crippen LogP contribution in [0.2, 0.25) is 0 Å². The average molecular weight is 386 g/mol. The normalized spacial score (nSPS) is 20.0. The molecule has 2 amide bonds. The predicted octanol–water partition coefficient (Wildman–Crippen LogP) is 1.68. The van der Waals surface area contributed by atoms with Gasteiger partial charge < -0.3 is 19.7 Å². The molecule has 0 saturated carbocycles. The van der Waals surface area contributed by atoms with E-state index < -0.39 is 35.3 Å². The van der Waals surface area contributed by atoms with Gasteiger partial charge in [0.15, 0.2) is 5.79 Å². The van der Waals surface area contributed by atoms with Crippen molar-refractivity contribution in [1.29, 1.82) is 0 Å². The molecule has 8 heteroatoms. The van der Waals surface area contributed by atoms with E-state index in [9.17, 15) is 19.8 Å². The molecule has 1 saturated heterocycles. The van der Waals surface area contributed by atoms with Crippen LogP contribution in [0.4, 0.5) is 4.79 Å². The fourth-order valence-corrected chi connectivity index (χ4v) is 2.87. The smallest absolute Gasteiger partial charge is 0.417 e. The van der Waals surface area contributed by atoms with Crippen molar-refractivity contribution in [2.45, 2.75) is 50.0 Å². The molecule has 1 heterocycles. The third-order valence-corrected chi connectivity index (χ3v) is 4.43. The zero-order valence-corrected chi connectivity index (χ0v) is 15.6. The molecule has 26 heavy (non-hydrogen) atoms. The number of alkyl halides is 1. The SMILES string of the molecule is CC(C)(O)OCC[C@@H](O)[C@H](Cl)C(=O)N1C(=O)OC[C@@H]1Cc1ccccc1. The van der Waals surface area contributed by atoms with Crippen LogP contribution in [0, 0.1) is 0 Å². The first-order chi connectivity index (χ1) is 12.2. The van der Waals surface area contributed by atoms with Gasteiger partial charge in [0.2, 0.25) is 0 Å². The maximum atomic E-state index is 12.6. The topological polar surface area (TPSA) is 96.3 Å².